The van der Waals surface area contributed by atoms with Crippen molar-refractivity contribution in [1.82, 2.24) is 0 Å². The number of rotatable bonds is 3. The van der Waals surface area contributed by atoms with Crippen LogP contribution in [0.1, 0.15) is 43.7 Å². The van der Waals surface area contributed by atoms with E-state index in [9.17, 15) is 0 Å². The number of hydrogen-bond acceptors (Lipinski definition) is 1. The van der Waals surface area contributed by atoms with Gasteiger partial charge in [-0.3, -0.25) is 0 Å². The van der Waals surface area contributed by atoms with Crippen molar-refractivity contribution in [2.75, 3.05) is 0 Å². The van der Waals surface area contributed by atoms with Crippen molar-refractivity contribution in [3.8, 4) is 6.07 Å². The third kappa shape index (κ3) is 3.52. The second-order valence-electron chi connectivity index (χ2n) is 5.68. The molecule has 0 spiro atoms. The summed E-state index contributed by atoms with van der Waals surface area (Å²) >= 11 is 0. The highest BCUT2D eigenvalue weighted by Crippen LogP contribution is 2.40. The summed E-state index contributed by atoms with van der Waals surface area (Å²) in [5.41, 5.74) is 5.36. The van der Waals surface area contributed by atoms with E-state index in [1.807, 2.05) is 24.3 Å². The van der Waals surface area contributed by atoms with E-state index in [4.69, 9.17) is 5.26 Å². The molecule has 0 heterocycles. The number of allylic oxidation sites excluding steroid dienone is 4. The van der Waals surface area contributed by atoms with Gasteiger partial charge in [-0.15, -0.1) is 9.24 Å². The molecule has 0 amide bonds. The zero-order valence-electron chi connectivity index (χ0n) is 12.7. The molecule has 108 valence electrons. The first-order valence-corrected chi connectivity index (χ1v) is 8.01. The number of nitrogens with zero attached hydrogens (tertiary/aromatic N) is 1. The lowest BCUT2D eigenvalue weighted by Gasteiger charge is -2.27. The van der Waals surface area contributed by atoms with Gasteiger partial charge in [0.05, 0.1) is 11.6 Å². The number of hydrogen-bond donors (Lipinski definition) is 0. The smallest absolute Gasteiger partial charge is 0.0991 e. The molecule has 1 aromatic carbocycles. The first kappa shape index (κ1) is 15.7. The Balaban J connectivity index is 2.23. The SMILES string of the molecule is C=C1CC(CC)CC/C1=C(\P)C(=C)c1ccc(C#N)cc1. The van der Waals surface area contributed by atoms with Crippen LogP contribution in [0.15, 0.2) is 53.9 Å². The fourth-order valence-corrected chi connectivity index (χ4v) is 3.37. The van der Waals surface area contributed by atoms with E-state index in [-0.39, 0.29) is 0 Å². The molecule has 1 nitrogen and oxygen atoms in total. The van der Waals surface area contributed by atoms with Crippen LogP contribution in [0.4, 0.5) is 0 Å². The molecule has 1 aromatic rings. The van der Waals surface area contributed by atoms with Gasteiger partial charge in [0.1, 0.15) is 0 Å². The Morgan fingerprint density at radius 1 is 1.38 bits per heavy atom. The van der Waals surface area contributed by atoms with Gasteiger partial charge >= 0.3 is 0 Å². The van der Waals surface area contributed by atoms with Crippen LogP contribution in [-0.2, 0) is 0 Å². The highest BCUT2D eigenvalue weighted by atomic mass is 31.0. The molecule has 2 rings (SSSR count). The van der Waals surface area contributed by atoms with Crippen LogP contribution < -0.4 is 0 Å². The van der Waals surface area contributed by atoms with E-state index in [0.717, 1.165) is 29.9 Å². The van der Waals surface area contributed by atoms with Gasteiger partial charge in [0.25, 0.3) is 0 Å². The molecular formula is C19H22NP. The summed E-state index contributed by atoms with van der Waals surface area (Å²) in [7, 11) is 2.84. The molecule has 1 aliphatic rings. The molecule has 2 heteroatoms. The van der Waals surface area contributed by atoms with Crippen LogP contribution in [0.5, 0.6) is 0 Å². The molecule has 0 aliphatic heterocycles. The van der Waals surface area contributed by atoms with Gasteiger partial charge in [-0.05, 0) is 59.3 Å². The Labute approximate surface area is 130 Å². The summed E-state index contributed by atoms with van der Waals surface area (Å²) in [5, 5.41) is 10.0. The summed E-state index contributed by atoms with van der Waals surface area (Å²) in [6.45, 7) is 10.7. The Morgan fingerprint density at radius 2 is 2.05 bits per heavy atom. The second-order valence-corrected chi connectivity index (χ2v) is 6.26. The first-order valence-electron chi connectivity index (χ1n) is 7.43. The normalized spacial score (nSPS) is 20.8. The van der Waals surface area contributed by atoms with Crippen molar-refractivity contribution in [2.45, 2.75) is 32.6 Å². The summed E-state index contributed by atoms with van der Waals surface area (Å²) in [4.78, 5) is 0. The minimum Gasteiger partial charge on any atom is -0.192 e. The van der Waals surface area contributed by atoms with Gasteiger partial charge in [0.2, 0.25) is 0 Å². The molecule has 0 aromatic heterocycles. The molecule has 0 bridgehead atoms. The predicted octanol–water partition coefficient (Wildman–Crippen LogP) is 5.47. The van der Waals surface area contributed by atoms with Gasteiger partial charge in [-0.1, -0.05) is 44.2 Å². The minimum absolute atomic E-state index is 0.678. The molecule has 0 N–H and O–H groups in total. The lowest BCUT2D eigenvalue weighted by Crippen LogP contribution is -2.10. The highest BCUT2D eigenvalue weighted by Gasteiger charge is 2.20. The van der Waals surface area contributed by atoms with Gasteiger partial charge in [-0.2, -0.15) is 5.26 Å². The van der Waals surface area contributed by atoms with Crippen molar-refractivity contribution in [3.05, 3.63) is 65.0 Å². The van der Waals surface area contributed by atoms with Crippen molar-refractivity contribution in [2.24, 2.45) is 5.92 Å². The van der Waals surface area contributed by atoms with E-state index in [1.165, 1.54) is 29.3 Å². The average Bonchev–Trinajstić information content (AvgIpc) is 2.53. The molecule has 1 aliphatic carbocycles. The van der Waals surface area contributed by atoms with Gasteiger partial charge < -0.3 is 0 Å². The number of benzene rings is 1. The van der Waals surface area contributed by atoms with Crippen molar-refractivity contribution < 1.29 is 0 Å². The molecular weight excluding hydrogens is 273 g/mol. The van der Waals surface area contributed by atoms with Crippen LogP contribution >= 0.6 is 9.24 Å². The Kier molecular flexibility index (Phi) is 5.16. The third-order valence-corrected chi connectivity index (χ3v) is 5.05. The fraction of sp³-hybridized carbons (Fsp3) is 0.316. The van der Waals surface area contributed by atoms with E-state index >= 15 is 0 Å². The van der Waals surface area contributed by atoms with Crippen molar-refractivity contribution in [1.29, 1.82) is 5.26 Å². The molecule has 0 saturated heterocycles. The summed E-state index contributed by atoms with van der Waals surface area (Å²) in [6, 6.07) is 9.75. The lowest BCUT2D eigenvalue weighted by molar-refractivity contribution is 0.443. The van der Waals surface area contributed by atoms with Crippen molar-refractivity contribution in [3.63, 3.8) is 0 Å². The molecule has 21 heavy (non-hydrogen) atoms. The van der Waals surface area contributed by atoms with Gasteiger partial charge in [0, 0.05) is 0 Å². The summed E-state index contributed by atoms with van der Waals surface area (Å²) < 4.78 is 0. The predicted molar refractivity (Wildman–Crippen MR) is 93.7 cm³/mol. The molecule has 2 unspecified atom stereocenters. The van der Waals surface area contributed by atoms with E-state index in [1.54, 1.807) is 0 Å². The molecule has 1 fully saturated rings. The van der Waals surface area contributed by atoms with Crippen molar-refractivity contribution >= 4 is 14.8 Å². The minimum atomic E-state index is 0.678. The molecule has 1 saturated carbocycles. The van der Waals surface area contributed by atoms with Crippen LogP contribution in [0.3, 0.4) is 0 Å². The molecule has 2 atom stereocenters. The highest BCUT2D eigenvalue weighted by molar-refractivity contribution is 7.24. The standard InChI is InChI=1S/C19H22NP/c1-4-15-7-10-18(13(2)11-15)19(21)14(3)17-8-5-16(12-20)6-9-17/h5-6,8-9,15H,2-4,7,10-11,21H2,1H3/b19-18+. The molecule has 0 radical (unpaired) electrons. The monoisotopic (exact) mass is 295 g/mol. The van der Waals surface area contributed by atoms with E-state index < -0.39 is 0 Å². The van der Waals surface area contributed by atoms with E-state index in [0.29, 0.717) is 5.56 Å². The zero-order valence-corrected chi connectivity index (χ0v) is 13.8. The van der Waals surface area contributed by atoms with E-state index in [2.05, 4.69) is 35.4 Å². The summed E-state index contributed by atoms with van der Waals surface area (Å²) in [5.74, 6) is 0.780. The maximum absolute atomic E-state index is 8.87. The fourth-order valence-electron chi connectivity index (χ4n) is 2.86. The largest absolute Gasteiger partial charge is 0.192 e. The Bertz CT molecular complexity index is 629. The quantitative estimate of drug-likeness (QED) is 0.679. The van der Waals surface area contributed by atoms with Crippen LogP contribution in [0, 0.1) is 17.2 Å². The zero-order chi connectivity index (χ0) is 15.4. The number of nitriles is 1. The lowest BCUT2D eigenvalue weighted by atomic mass is 9.80. The maximum atomic E-state index is 8.87. The van der Waals surface area contributed by atoms with Crippen LogP contribution in [0.25, 0.3) is 5.57 Å². The summed E-state index contributed by atoms with van der Waals surface area (Å²) in [6.07, 6.45) is 4.66. The first-order chi connectivity index (χ1) is 10.1. The van der Waals surface area contributed by atoms with Gasteiger partial charge in [-0.25, -0.2) is 0 Å². The maximum Gasteiger partial charge on any atom is 0.0991 e. The Morgan fingerprint density at radius 3 is 2.57 bits per heavy atom. The van der Waals surface area contributed by atoms with Crippen LogP contribution in [0.2, 0.25) is 0 Å². The topological polar surface area (TPSA) is 23.8 Å². The second kappa shape index (κ2) is 6.88. The third-order valence-electron chi connectivity index (χ3n) is 4.35. The Hall–Kier alpha value is -1.64. The van der Waals surface area contributed by atoms with Crippen LogP contribution in [-0.4, -0.2) is 0 Å². The average molecular weight is 295 g/mol. The van der Waals surface area contributed by atoms with Gasteiger partial charge in [0.15, 0.2) is 0 Å².